The molecule has 2 atom stereocenters. The smallest absolute Gasteiger partial charge is 0.226 e. The molecule has 2 heterocycles. The number of ether oxygens (including phenoxy) is 3. The van der Waals surface area contributed by atoms with Crippen molar-refractivity contribution in [2.24, 2.45) is 0 Å². The van der Waals surface area contributed by atoms with E-state index < -0.39 is 0 Å². The van der Waals surface area contributed by atoms with Gasteiger partial charge in [-0.1, -0.05) is 30.3 Å². The van der Waals surface area contributed by atoms with Crippen LogP contribution in [0.4, 0.5) is 5.95 Å². The third-order valence-electron chi connectivity index (χ3n) is 3.76. The Balaban J connectivity index is 1.61. The summed E-state index contributed by atoms with van der Waals surface area (Å²) in [5.41, 5.74) is 1.15. The molecule has 1 N–H and O–H groups in total. The number of anilines is 1. The fraction of sp³-hybridized carbons (Fsp3) is 0.412. The second kappa shape index (κ2) is 7.89. The first kappa shape index (κ1) is 15.7. The van der Waals surface area contributed by atoms with Crippen LogP contribution in [0, 0.1) is 0 Å². The molecule has 0 aliphatic carbocycles. The largest absolute Gasteiger partial charge is 0.481 e. The fourth-order valence-electron chi connectivity index (χ4n) is 2.51. The Hall–Kier alpha value is -2.18. The molecule has 0 amide bonds. The molecule has 23 heavy (non-hydrogen) atoms. The zero-order chi connectivity index (χ0) is 15.9. The Morgan fingerprint density at radius 1 is 1.26 bits per heavy atom. The van der Waals surface area contributed by atoms with E-state index in [1.807, 2.05) is 18.2 Å². The van der Waals surface area contributed by atoms with Gasteiger partial charge in [0.2, 0.25) is 11.8 Å². The molecule has 1 aromatic heterocycles. The van der Waals surface area contributed by atoms with Crippen molar-refractivity contribution in [2.75, 3.05) is 25.6 Å². The second-order valence-electron chi connectivity index (χ2n) is 5.37. The third kappa shape index (κ3) is 4.40. The van der Waals surface area contributed by atoms with Gasteiger partial charge in [-0.15, -0.1) is 0 Å². The summed E-state index contributed by atoms with van der Waals surface area (Å²) in [7, 11) is 1.59. The molecule has 1 aliphatic heterocycles. The van der Waals surface area contributed by atoms with Crippen molar-refractivity contribution in [3.63, 3.8) is 0 Å². The lowest BCUT2D eigenvalue weighted by atomic mass is 10.1. The Morgan fingerprint density at radius 3 is 2.96 bits per heavy atom. The summed E-state index contributed by atoms with van der Waals surface area (Å²) in [4.78, 5) is 8.53. The van der Waals surface area contributed by atoms with E-state index in [0.717, 1.165) is 12.0 Å². The molecule has 6 nitrogen and oxygen atoms in total. The van der Waals surface area contributed by atoms with Gasteiger partial charge in [-0.25, -0.2) is 4.98 Å². The normalized spacial score (nSPS) is 20.9. The maximum Gasteiger partial charge on any atom is 0.226 e. The van der Waals surface area contributed by atoms with Crippen molar-refractivity contribution in [2.45, 2.75) is 25.2 Å². The first-order valence-corrected chi connectivity index (χ1v) is 7.72. The Kier molecular flexibility index (Phi) is 5.39. The molecular weight excluding hydrogens is 294 g/mol. The second-order valence-corrected chi connectivity index (χ2v) is 5.37. The number of hydrogen-bond donors (Lipinski definition) is 1. The Morgan fingerprint density at radius 2 is 2.13 bits per heavy atom. The van der Waals surface area contributed by atoms with Crippen LogP contribution in [0.2, 0.25) is 0 Å². The van der Waals surface area contributed by atoms with E-state index in [1.165, 1.54) is 0 Å². The van der Waals surface area contributed by atoms with Gasteiger partial charge >= 0.3 is 0 Å². The predicted molar refractivity (Wildman–Crippen MR) is 86.4 cm³/mol. The van der Waals surface area contributed by atoms with Crippen LogP contribution in [-0.4, -0.2) is 42.4 Å². The van der Waals surface area contributed by atoms with Crippen LogP contribution in [-0.2, 0) is 16.1 Å². The van der Waals surface area contributed by atoms with E-state index in [4.69, 9.17) is 14.2 Å². The summed E-state index contributed by atoms with van der Waals surface area (Å²) in [5, 5.41) is 3.33. The van der Waals surface area contributed by atoms with Crippen molar-refractivity contribution >= 4 is 5.95 Å². The summed E-state index contributed by atoms with van der Waals surface area (Å²) in [5.74, 6) is 1.08. The minimum absolute atomic E-state index is 0.0428. The molecule has 1 aliphatic rings. The Labute approximate surface area is 135 Å². The molecule has 3 rings (SSSR count). The number of aromatic nitrogens is 2. The number of benzene rings is 1. The number of nitrogens with zero attached hydrogens (tertiary/aromatic N) is 2. The van der Waals surface area contributed by atoms with E-state index in [1.54, 1.807) is 19.4 Å². The summed E-state index contributed by atoms with van der Waals surface area (Å²) in [6.45, 7) is 1.83. The summed E-state index contributed by atoms with van der Waals surface area (Å²) in [6.07, 6.45) is 2.48. The van der Waals surface area contributed by atoms with Crippen LogP contribution in [0.15, 0.2) is 42.6 Å². The van der Waals surface area contributed by atoms with Crippen molar-refractivity contribution < 1.29 is 14.2 Å². The summed E-state index contributed by atoms with van der Waals surface area (Å²) >= 11 is 0. The van der Waals surface area contributed by atoms with Gasteiger partial charge in [-0.05, 0) is 12.0 Å². The molecule has 1 aromatic carbocycles. The average Bonchev–Trinajstić information content (AvgIpc) is 2.62. The van der Waals surface area contributed by atoms with Crippen molar-refractivity contribution in [3.8, 4) is 5.88 Å². The van der Waals surface area contributed by atoms with E-state index in [-0.39, 0.29) is 12.1 Å². The summed E-state index contributed by atoms with van der Waals surface area (Å²) in [6, 6.07) is 12.0. The highest BCUT2D eigenvalue weighted by molar-refractivity contribution is 5.29. The Bertz CT molecular complexity index is 609. The highest BCUT2D eigenvalue weighted by atomic mass is 16.5. The highest BCUT2D eigenvalue weighted by Crippen LogP contribution is 2.18. The number of rotatable bonds is 6. The first-order chi connectivity index (χ1) is 11.3. The van der Waals surface area contributed by atoms with Crippen LogP contribution < -0.4 is 10.1 Å². The standard InChI is InChI=1S/C17H21N3O3/c1-21-16-7-9-18-17(20-16)19-14-8-10-22-12-15(14)23-11-13-5-3-2-4-6-13/h2-7,9,14-15H,8,10-12H2,1H3,(H,18,19,20)/t14-,15-/m1/s1. The SMILES string of the molecule is COc1ccnc(N[C@@H]2CCOC[C@H]2OCc2ccccc2)n1. The minimum Gasteiger partial charge on any atom is -0.481 e. The molecule has 0 radical (unpaired) electrons. The lowest BCUT2D eigenvalue weighted by molar-refractivity contribution is -0.0638. The van der Waals surface area contributed by atoms with Crippen LogP contribution in [0.1, 0.15) is 12.0 Å². The molecule has 1 fully saturated rings. The molecule has 0 spiro atoms. The molecule has 0 bridgehead atoms. The molecule has 2 aromatic rings. The quantitative estimate of drug-likeness (QED) is 0.882. The lowest BCUT2D eigenvalue weighted by Crippen LogP contribution is -2.44. The monoisotopic (exact) mass is 315 g/mol. The van der Waals surface area contributed by atoms with Crippen molar-refractivity contribution in [3.05, 3.63) is 48.2 Å². The number of nitrogens with one attached hydrogen (secondary N) is 1. The van der Waals surface area contributed by atoms with E-state index in [0.29, 0.717) is 31.6 Å². The van der Waals surface area contributed by atoms with Crippen LogP contribution >= 0.6 is 0 Å². The van der Waals surface area contributed by atoms with Gasteiger partial charge in [0, 0.05) is 18.9 Å². The summed E-state index contributed by atoms with van der Waals surface area (Å²) < 4.78 is 16.7. The van der Waals surface area contributed by atoms with E-state index in [9.17, 15) is 0 Å². The van der Waals surface area contributed by atoms with Gasteiger partial charge in [0.15, 0.2) is 0 Å². The predicted octanol–water partition coefficient (Wildman–Crippen LogP) is 2.27. The van der Waals surface area contributed by atoms with Gasteiger partial charge in [-0.2, -0.15) is 4.98 Å². The topological polar surface area (TPSA) is 65.5 Å². The third-order valence-corrected chi connectivity index (χ3v) is 3.76. The fourth-order valence-corrected chi connectivity index (χ4v) is 2.51. The molecule has 1 saturated heterocycles. The van der Waals surface area contributed by atoms with Crippen LogP contribution in [0.5, 0.6) is 5.88 Å². The first-order valence-electron chi connectivity index (χ1n) is 7.72. The maximum absolute atomic E-state index is 6.04. The van der Waals surface area contributed by atoms with Gasteiger partial charge in [-0.3, -0.25) is 0 Å². The molecule has 0 unspecified atom stereocenters. The molecule has 0 saturated carbocycles. The van der Waals surface area contributed by atoms with Gasteiger partial charge < -0.3 is 19.5 Å². The van der Waals surface area contributed by atoms with E-state index >= 15 is 0 Å². The van der Waals surface area contributed by atoms with Crippen molar-refractivity contribution in [1.29, 1.82) is 0 Å². The van der Waals surface area contributed by atoms with Crippen molar-refractivity contribution in [1.82, 2.24) is 9.97 Å². The van der Waals surface area contributed by atoms with Crippen LogP contribution in [0.25, 0.3) is 0 Å². The van der Waals surface area contributed by atoms with Crippen LogP contribution in [0.3, 0.4) is 0 Å². The average molecular weight is 315 g/mol. The minimum atomic E-state index is -0.0428. The van der Waals surface area contributed by atoms with E-state index in [2.05, 4.69) is 27.4 Å². The highest BCUT2D eigenvalue weighted by Gasteiger charge is 2.27. The number of hydrogen-bond acceptors (Lipinski definition) is 6. The zero-order valence-electron chi connectivity index (χ0n) is 13.1. The maximum atomic E-state index is 6.04. The van der Waals surface area contributed by atoms with Gasteiger partial charge in [0.25, 0.3) is 0 Å². The molecular formula is C17H21N3O3. The lowest BCUT2D eigenvalue weighted by Gasteiger charge is -2.32. The zero-order valence-corrected chi connectivity index (χ0v) is 13.1. The van der Waals surface area contributed by atoms with Gasteiger partial charge in [0.1, 0.15) is 6.10 Å². The molecule has 122 valence electrons. The van der Waals surface area contributed by atoms with Gasteiger partial charge in [0.05, 0.1) is 26.4 Å². The molecule has 6 heteroatoms. The number of methoxy groups -OCH3 is 1.